The molecule has 6 heteroatoms. The van der Waals surface area contributed by atoms with Gasteiger partial charge in [0.15, 0.2) is 0 Å². The lowest BCUT2D eigenvalue weighted by Gasteiger charge is -2.11. The summed E-state index contributed by atoms with van der Waals surface area (Å²) in [7, 11) is -3.35. The number of hydrogen-bond acceptors (Lipinski definition) is 3. The Morgan fingerprint density at radius 1 is 1.41 bits per heavy atom. The van der Waals surface area contributed by atoms with Gasteiger partial charge in [0.25, 0.3) is 0 Å². The molecule has 0 bridgehead atoms. The van der Waals surface area contributed by atoms with Crippen LogP contribution in [-0.2, 0) is 10.0 Å². The minimum Gasteiger partial charge on any atom is -0.478 e. The monoisotopic (exact) mass is 255 g/mol. The summed E-state index contributed by atoms with van der Waals surface area (Å²) < 4.78 is 25.9. The van der Waals surface area contributed by atoms with Gasteiger partial charge in [-0.1, -0.05) is 6.07 Å². The van der Waals surface area contributed by atoms with E-state index >= 15 is 0 Å². The molecule has 1 aliphatic carbocycles. The van der Waals surface area contributed by atoms with Crippen LogP contribution in [0.1, 0.15) is 28.8 Å². The van der Waals surface area contributed by atoms with Gasteiger partial charge in [-0.3, -0.25) is 4.72 Å². The maximum Gasteiger partial charge on any atom is 0.336 e. The molecule has 0 heterocycles. The number of carboxylic acids is 1. The minimum atomic E-state index is -3.35. The van der Waals surface area contributed by atoms with Gasteiger partial charge in [-0.05, 0) is 37.5 Å². The van der Waals surface area contributed by atoms with Crippen LogP contribution in [0.25, 0.3) is 0 Å². The molecule has 92 valence electrons. The second-order valence-corrected chi connectivity index (χ2v) is 6.09. The quantitative estimate of drug-likeness (QED) is 0.856. The fourth-order valence-corrected chi connectivity index (χ4v) is 3.04. The van der Waals surface area contributed by atoms with Crippen molar-refractivity contribution in [1.29, 1.82) is 0 Å². The van der Waals surface area contributed by atoms with E-state index in [4.69, 9.17) is 5.11 Å². The zero-order chi connectivity index (χ0) is 12.6. The first-order valence-electron chi connectivity index (χ1n) is 5.26. The van der Waals surface area contributed by atoms with Gasteiger partial charge in [0.2, 0.25) is 10.0 Å². The summed E-state index contributed by atoms with van der Waals surface area (Å²) in [5.74, 6) is -1.06. The van der Waals surface area contributed by atoms with E-state index in [0.717, 1.165) is 0 Å². The molecule has 5 nitrogen and oxygen atoms in total. The number of carbonyl (C=O) groups is 1. The molecular weight excluding hydrogens is 242 g/mol. The molecule has 0 radical (unpaired) electrons. The number of anilines is 1. The van der Waals surface area contributed by atoms with Crippen molar-refractivity contribution in [2.45, 2.75) is 25.0 Å². The van der Waals surface area contributed by atoms with Gasteiger partial charge in [-0.2, -0.15) is 0 Å². The normalized spacial score (nSPS) is 15.6. The molecule has 2 rings (SSSR count). The Kier molecular flexibility index (Phi) is 2.82. The van der Waals surface area contributed by atoms with Crippen molar-refractivity contribution < 1.29 is 18.3 Å². The molecule has 2 N–H and O–H groups in total. The minimum absolute atomic E-state index is 0.112. The second kappa shape index (κ2) is 4.03. The molecule has 0 spiro atoms. The number of benzene rings is 1. The average molecular weight is 255 g/mol. The smallest absolute Gasteiger partial charge is 0.336 e. The highest BCUT2D eigenvalue weighted by Gasteiger charge is 2.36. The third-order valence-corrected chi connectivity index (χ3v) is 4.63. The Morgan fingerprint density at radius 2 is 2.06 bits per heavy atom. The summed E-state index contributed by atoms with van der Waals surface area (Å²) in [4.78, 5) is 10.9. The van der Waals surface area contributed by atoms with E-state index in [1.165, 1.54) is 12.1 Å². The maximum atomic E-state index is 11.7. The molecule has 1 aromatic carbocycles. The van der Waals surface area contributed by atoms with Crippen LogP contribution in [0.2, 0.25) is 0 Å². The van der Waals surface area contributed by atoms with Crippen molar-refractivity contribution in [1.82, 2.24) is 0 Å². The van der Waals surface area contributed by atoms with Crippen molar-refractivity contribution >= 4 is 21.7 Å². The van der Waals surface area contributed by atoms with Gasteiger partial charge in [-0.15, -0.1) is 0 Å². The summed E-state index contributed by atoms with van der Waals surface area (Å²) >= 11 is 0. The standard InChI is InChI=1S/C11H13NO4S/c1-7-9(11(13)14)3-2-4-10(7)12-17(15,16)8-5-6-8/h2-4,8,12H,5-6H2,1H3,(H,13,14). The van der Waals surface area contributed by atoms with Crippen LogP contribution in [0.5, 0.6) is 0 Å². The fraction of sp³-hybridized carbons (Fsp3) is 0.364. The largest absolute Gasteiger partial charge is 0.478 e. The van der Waals surface area contributed by atoms with Crippen molar-refractivity contribution in [3.8, 4) is 0 Å². The number of hydrogen-bond donors (Lipinski definition) is 2. The third kappa shape index (κ3) is 2.41. The van der Waals surface area contributed by atoms with Crippen LogP contribution in [-0.4, -0.2) is 24.7 Å². The Morgan fingerprint density at radius 3 is 2.59 bits per heavy atom. The van der Waals surface area contributed by atoms with Crippen LogP contribution in [0.3, 0.4) is 0 Å². The lowest BCUT2D eigenvalue weighted by molar-refractivity contribution is 0.0696. The van der Waals surface area contributed by atoms with Gasteiger partial charge in [0.1, 0.15) is 0 Å². The van der Waals surface area contributed by atoms with E-state index in [1.807, 2.05) is 0 Å². The number of nitrogens with one attached hydrogen (secondary N) is 1. The van der Waals surface area contributed by atoms with E-state index in [1.54, 1.807) is 13.0 Å². The average Bonchev–Trinajstić information content (AvgIpc) is 3.03. The summed E-state index contributed by atoms with van der Waals surface area (Å²) in [6.07, 6.45) is 1.35. The van der Waals surface area contributed by atoms with Crippen LogP contribution in [0.15, 0.2) is 18.2 Å². The van der Waals surface area contributed by atoms with Gasteiger partial charge in [0, 0.05) is 0 Å². The molecule has 0 saturated heterocycles. The number of rotatable bonds is 4. The SMILES string of the molecule is Cc1c(NS(=O)(=O)C2CC2)cccc1C(=O)O. The van der Waals surface area contributed by atoms with Crippen LogP contribution < -0.4 is 4.72 Å². The highest BCUT2D eigenvalue weighted by Crippen LogP contribution is 2.30. The zero-order valence-electron chi connectivity index (χ0n) is 9.30. The molecule has 0 atom stereocenters. The number of aromatic carboxylic acids is 1. The van der Waals surface area contributed by atoms with E-state index in [-0.39, 0.29) is 10.8 Å². The highest BCUT2D eigenvalue weighted by molar-refractivity contribution is 7.93. The van der Waals surface area contributed by atoms with Crippen LogP contribution >= 0.6 is 0 Å². The first kappa shape index (κ1) is 11.9. The van der Waals surface area contributed by atoms with Gasteiger partial charge >= 0.3 is 5.97 Å². The molecule has 0 aromatic heterocycles. The Labute approximate surface area is 99.5 Å². The van der Waals surface area contributed by atoms with E-state index < -0.39 is 16.0 Å². The second-order valence-electron chi connectivity index (χ2n) is 4.13. The topological polar surface area (TPSA) is 83.5 Å². The van der Waals surface area contributed by atoms with E-state index in [0.29, 0.717) is 24.1 Å². The molecule has 1 aliphatic rings. The lowest BCUT2D eigenvalue weighted by Crippen LogP contribution is -2.18. The first-order valence-corrected chi connectivity index (χ1v) is 6.81. The van der Waals surface area contributed by atoms with E-state index in [2.05, 4.69) is 4.72 Å². The van der Waals surface area contributed by atoms with Crippen molar-refractivity contribution in [2.24, 2.45) is 0 Å². The molecule has 1 aromatic rings. The highest BCUT2D eigenvalue weighted by atomic mass is 32.2. The molecule has 0 amide bonds. The predicted molar refractivity (Wildman–Crippen MR) is 63.7 cm³/mol. The van der Waals surface area contributed by atoms with Crippen molar-refractivity contribution in [3.63, 3.8) is 0 Å². The van der Waals surface area contributed by atoms with Gasteiger partial charge in [-0.25, -0.2) is 13.2 Å². The van der Waals surface area contributed by atoms with Crippen molar-refractivity contribution in [2.75, 3.05) is 4.72 Å². The summed E-state index contributed by atoms with van der Waals surface area (Å²) in [5, 5.41) is 8.61. The Bertz CT molecular complexity index is 561. The van der Waals surface area contributed by atoms with Gasteiger partial charge < -0.3 is 5.11 Å². The van der Waals surface area contributed by atoms with E-state index in [9.17, 15) is 13.2 Å². The van der Waals surface area contributed by atoms with Crippen LogP contribution in [0, 0.1) is 6.92 Å². The van der Waals surface area contributed by atoms with Crippen molar-refractivity contribution in [3.05, 3.63) is 29.3 Å². The third-order valence-electron chi connectivity index (χ3n) is 2.78. The Balaban J connectivity index is 2.33. The Hall–Kier alpha value is -1.56. The lowest BCUT2D eigenvalue weighted by atomic mass is 10.1. The zero-order valence-corrected chi connectivity index (χ0v) is 10.1. The molecular formula is C11H13NO4S. The molecule has 17 heavy (non-hydrogen) atoms. The summed E-state index contributed by atoms with van der Waals surface area (Å²) in [6.45, 7) is 1.59. The number of sulfonamides is 1. The number of carboxylic acid groups (broad SMARTS) is 1. The first-order chi connectivity index (χ1) is 7.92. The van der Waals surface area contributed by atoms with Crippen LogP contribution in [0.4, 0.5) is 5.69 Å². The predicted octanol–water partition coefficient (Wildman–Crippen LogP) is 1.60. The maximum absolute atomic E-state index is 11.7. The molecule has 0 aliphatic heterocycles. The fourth-order valence-electron chi connectivity index (χ4n) is 1.59. The molecule has 1 saturated carbocycles. The summed E-state index contributed by atoms with van der Waals surface area (Å²) in [6, 6.07) is 4.55. The van der Waals surface area contributed by atoms with Gasteiger partial charge in [0.05, 0.1) is 16.5 Å². The molecule has 1 fully saturated rings. The molecule has 0 unspecified atom stereocenters. The summed E-state index contributed by atoms with van der Waals surface area (Å²) in [5.41, 5.74) is 0.891.